The second-order valence-electron chi connectivity index (χ2n) is 6.97. The van der Waals surface area contributed by atoms with Crippen molar-refractivity contribution in [3.8, 4) is 0 Å². The van der Waals surface area contributed by atoms with Crippen LogP contribution in [0.2, 0.25) is 0 Å². The van der Waals surface area contributed by atoms with Gasteiger partial charge in [-0.3, -0.25) is 14.7 Å². The molecule has 1 N–H and O–H groups in total. The topological polar surface area (TPSA) is 61.5 Å². The van der Waals surface area contributed by atoms with Crippen LogP contribution in [-0.2, 0) is 24.1 Å². The first-order chi connectivity index (χ1) is 13.1. The highest BCUT2D eigenvalue weighted by Gasteiger charge is 2.21. The predicted octanol–water partition coefficient (Wildman–Crippen LogP) is 1.49. The number of morpholine rings is 1. The molecule has 1 fully saturated rings. The molecule has 1 aromatic carbocycles. The first-order valence-electron chi connectivity index (χ1n) is 9.20. The summed E-state index contributed by atoms with van der Waals surface area (Å²) in [4.78, 5) is 24.3. The first kappa shape index (κ1) is 18.1. The molecule has 0 atom stereocenters. The monoisotopic (exact) mass is 376 g/mol. The molecule has 1 saturated heterocycles. The van der Waals surface area contributed by atoms with Gasteiger partial charge in [0.1, 0.15) is 11.6 Å². The van der Waals surface area contributed by atoms with Gasteiger partial charge in [0, 0.05) is 50.8 Å². The van der Waals surface area contributed by atoms with Crippen LogP contribution in [0.25, 0.3) is 0 Å². The Morgan fingerprint density at radius 1 is 1.04 bits per heavy atom. The number of benzene rings is 1. The van der Waals surface area contributed by atoms with Crippen molar-refractivity contribution in [2.75, 3.05) is 44.3 Å². The standard InChI is InChI=1S/C19H22F2N4O2/c20-14-9-13(10-15(21)11-14)12-24-3-1-16-17(2-4-24)22-19(23-18(16)26)25-5-7-27-8-6-25/h9-11H,1-8,12H2,(H,22,23,26). The Balaban J connectivity index is 1.50. The lowest BCUT2D eigenvalue weighted by atomic mass is 10.1. The van der Waals surface area contributed by atoms with Crippen molar-refractivity contribution in [1.29, 1.82) is 0 Å². The van der Waals surface area contributed by atoms with E-state index >= 15 is 0 Å². The Morgan fingerprint density at radius 2 is 1.74 bits per heavy atom. The summed E-state index contributed by atoms with van der Waals surface area (Å²) in [6, 6.07) is 3.57. The van der Waals surface area contributed by atoms with Crippen LogP contribution in [-0.4, -0.2) is 54.3 Å². The lowest BCUT2D eigenvalue weighted by Gasteiger charge is -2.27. The third-order valence-corrected chi connectivity index (χ3v) is 5.07. The molecule has 2 aliphatic rings. The van der Waals surface area contributed by atoms with Crippen molar-refractivity contribution < 1.29 is 13.5 Å². The second-order valence-corrected chi connectivity index (χ2v) is 6.97. The van der Waals surface area contributed by atoms with Crippen molar-refractivity contribution in [1.82, 2.24) is 14.9 Å². The van der Waals surface area contributed by atoms with Crippen LogP contribution in [0.3, 0.4) is 0 Å². The number of anilines is 1. The van der Waals surface area contributed by atoms with Gasteiger partial charge in [-0.15, -0.1) is 0 Å². The largest absolute Gasteiger partial charge is 0.378 e. The number of H-pyrrole nitrogens is 1. The average molecular weight is 376 g/mol. The van der Waals surface area contributed by atoms with Gasteiger partial charge in [0.25, 0.3) is 5.56 Å². The van der Waals surface area contributed by atoms with E-state index < -0.39 is 11.6 Å². The van der Waals surface area contributed by atoms with Crippen molar-refractivity contribution >= 4 is 5.95 Å². The zero-order valence-corrected chi connectivity index (χ0v) is 15.0. The summed E-state index contributed by atoms with van der Waals surface area (Å²) in [5.41, 5.74) is 2.02. The molecule has 0 unspecified atom stereocenters. The molecule has 3 heterocycles. The number of hydrogen-bond acceptors (Lipinski definition) is 5. The summed E-state index contributed by atoms with van der Waals surface area (Å²) in [6.45, 7) is 4.43. The molecular formula is C19H22F2N4O2. The minimum atomic E-state index is -0.573. The summed E-state index contributed by atoms with van der Waals surface area (Å²) in [6.07, 6.45) is 1.20. The predicted molar refractivity (Wildman–Crippen MR) is 96.9 cm³/mol. The number of rotatable bonds is 3. The van der Waals surface area contributed by atoms with Crippen molar-refractivity contribution in [2.45, 2.75) is 19.4 Å². The average Bonchev–Trinajstić information content (AvgIpc) is 2.84. The van der Waals surface area contributed by atoms with Gasteiger partial charge >= 0.3 is 0 Å². The van der Waals surface area contributed by atoms with E-state index in [4.69, 9.17) is 9.72 Å². The fourth-order valence-electron chi connectivity index (χ4n) is 3.69. The van der Waals surface area contributed by atoms with E-state index in [1.807, 2.05) is 4.90 Å². The Labute approximate surface area is 155 Å². The van der Waals surface area contributed by atoms with Crippen LogP contribution in [0.5, 0.6) is 0 Å². The lowest BCUT2D eigenvalue weighted by Crippen LogP contribution is -2.38. The summed E-state index contributed by atoms with van der Waals surface area (Å²) in [5, 5.41) is 0. The number of aromatic nitrogens is 2. The molecule has 8 heteroatoms. The molecule has 0 saturated carbocycles. The van der Waals surface area contributed by atoms with E-state index in [2.05, 4.69) is 9.88 Å². The number of fused-ring (bicyclic) bond motifs is 1. The Hall–Kier alpha value is -2.32. The molecule has 4 rings (SSSR count). The van der Waals surface area contributed by atoms with Crippen molar-refractivity contribution in [2.24, 2.45) is 0 Å². The number of aromatic amines is 1. The highest BCUT2D eigenvalue weighted by atomic mass is 19.1. The van der Waals surface area contributed by atoms with E-state index in [1.54, 1.807) is 0 Å². The summed E-state index contributed by atoms with van der Waals surface area (Å²) >= 11 is 0. The minimum absolute atomic E-state index is 0.0971. The highest BCUT2D eigenvalue weighted by Crippen LogP contribution is 2.17. The molecule has 0 aliphatic carbocycles. The van der Waals surface area contributed by atoms with Gasteiger partial charge in [-0.1, -0.05) is 0 Å². The van der Waals surface area contributed by atoms with Gasteiger partial charge in [-0.05, 0) is 24.1 Å². The van der Waals surface area contributed by atoms with E-state index in [0.29, 0.717) is 75.9 Å². The number of ether oxygens (including phenoxy) is 1. The highest BCUT2D eigenvalue weighted by molar-refractivity contribution is 5.34. The van der Waals surface area contributed by atoms with Crippen LogP contribution < -0.4 is 10.5 Å². The third-order valence-electron chi connectivity index (χ3n) is 5.07. The molecule has 144 valence electrons. The SMILES string of the molecule is O=c1[nH]c(N2CCOCC2)nc2c1CCN(Cc1cc(F)cc(F)c1)CC2. The number of nitrogens with zero attached hydrogens (tertiary/aromatic N) is 3. The maximum atomic E-state index is 13.4. The quantitative estimate of drug-likeness (QED) is 0.880. The molecule has 27 heavy (non-hydrogen) atoms. The van der Waals surface area contributed by atoms with Crippen LogP contribution in [0.1, 0.15) is 16.8 Å². The van der Waals surface area contributed by atoms with Gasteiger partial charge in [0.05, 0.1) is 18.9 Å². The van der Waals surface area contributed by atoms with Crippen LogP contribution >= 0.6 is 0 Å². The number of hydrogen-bond donors (Lipinski definition) is 1. The fraction of sp³-hybridized carbons (Fsp3) is 0.474. The number of halogens is 2. The molecule has 1 aromatic heterocycles. The summed E-state index contributed by atoms with van der Waals surface area (Å²) < 4.78 is 32.2. The van der Waals surface area contributed by atoms with E-state index in [-0.39, 0.29) is 5.56 Å². The van der Waals surface area contributed by atoms with Gasteiger partial charge in [-0.2, -0.15) is 0 Å². The summed E-state index contributed by atoms with van der Waals surface area (Å²) in [7, 11) is 0. The fourth-order valence-corrected chi connectivity index (χ4v) is 3.69. The van der Waals surface area contributed by atoms with Crippen LogP contribution in [0.15, 0.2) is 23.0 Å². The smallest absolute Gasteiger partial charge is 0.255 e. The van der Waals surface area contributed by atoms with Crippen LogP contribution in [0.4, 0.5) is 14.7 Å². The van der Waals surface area contributed by atoms with Gasteiger partial charge in [-0.25, -0.2) is 13.8 Å². The molecule has 0 bridgehead atoms. The molecule has 6 nitrogen and oxygen atoms in total. The normalized spacial score (nSPS) is 18.2. The van der Waals surface area contributed by atoms with Gasteiger partial charge in [0.2, 0.25) is 5.95 Å². The third kappa shape index (κ3) is 4.17. The minimum Gasteiger partial charge on any atom is -0.378 e. The Bertz CT molecular complexity index is 860. The van der Waals surface area contributed by atoms with E-state index in [0.717, 1.165) is 11.8 Å². The van der Waals surface area contributed by atoms with Crippen molar-refractivity contribution in [3.63, 3.8) is 0 Å². The molecule has 2 aliphatic heterocycles. The van der Waals surface area contributed by atoms with E-state index in [9.17, 15) is 13.6 Å². The number of nitrogens with one attached hydrogen (secondary N) is 1. The van der Waals surface area contributed by atoms with Gasteiger partial charge < -0.3 is 9.64 Å². The first-order valence-corrected chi connectivity index (χ1v) is 9.20. The maximum Gasteiger partial charge on any atom is 0.255 e. The van der Waals surface area contributed by atoms with E-state index in [1.165, 1.54) is 12.1 Å². The lowest BCUT2D eigenvalue weighted by molar-refractivity contribution is 0.122. The Morgan fingerprint density at radius 3 is 2.48 bits per heavy atom. The molecule has 2 aromatic rings. The zero-order valence-electron chi connectivity index (χ0n) is 15.0. The maximum absolute atomic E-state index is 13.4. The second kappa shape index (κ2) is 7.74. The van der Waals surface area contributed by atoms with Crippen LogP contribution in [0, 0.1) is 11.6 Å². The van der Waals surface area contributed by atoms with Crippen molar-refractivity contribution in [3.05, 3.63) is 57.0 Å². The molecular weight excluding hydrogens is 354 g/mol. The molecule has 0 radical (unpaired) electrons. The Kier molecular flexibility index (Phi) is 5.18. The summed E-state index contributed by atoms with van der Waals surface area (Å²) in [5.74, 6) is -0.546. The molecule has 0 spiro atoms. The molecule has 0 amide bonds. The van der Waals surface area contributed by atoms with Gasteiger partial charge in [0.15, 0.2) is 0 Å². The zero-order chi connectivity index (χ0) is 18.8.